The molecular formula is C18H14ClN5O3. The van der Waals surface area contributed by atoms with Crippen molar-refractivity contribution < 1.29 is 14.3 Å². The molecule has 2 aromatic heterocycles. The van der Waals surface area contributed by atoms with Crippen molar-refractivity contribution in [2.75, 3.05) is 12.1 Å². The highest BCUT2D eigenvalue weighted by molar-refractivity contribution is 6.29. The summed E-state index contributed by atoms with van der Waals surface area (Å²) in [7, 11) is 0. The van der Waals surface area contributed by atoms with E-state index in [0.717, 1.165) is 16.8 Å². The van der Waals surface area contributed by atoms with Gasteiger partial charge in [0.05, 0.1) is 5.69 Å². The molecule has 1 atom stereocenters. The van der Waals surface area contributed by atoms with Gasteiger partial charge in [0.25, 0.3) is 0 Å². The topological polar surface area (TPSA) is 91.2 Å². The van der Waals surface area contributed by atoms with Crippen LogP contribution in [0.3, 0.4) is 0 Å². The number of anilines is 1. The maximum Gasteiger partial charge on any atom is 0.231 e. The molecule has 0 saturated carbocycles. The van der Waals surface area contributed by atoms with Gasteiger partial charge in [0.1, 0.15) is 5.82 Å². The first-order valence-corrected chi connectivity index (χ1v) is 8.76. The van der Waals surface area contributed by atoms with E-state index in [1.807, 2.05) is 25.1 Å². The van der Waals surface area contributed by atoms with E-state index >= 15 is 0 Å². The summed E-state index contributed by atoms with van der Waals surface area (Å²) in [5, 5.41) is 15.7. The number of nitrogens with one attached hydrogen (secondary N) is 1. The fourth-order valence-corrected chi connectivity index (χ4v) is 3.65. The number of ether oxygens (including phenoxy) is 2. The molecule has 0 radical (unpaired) electrons. The van der Waals surface area contributed by atoms with Gasteiger partial charge in [-0.05, 0) is 36.8 Å². The summed E-state index contributed by atoms with van der Waals surface area (Å²) in [6.07, 6.45) is 0.325. The highest BCUT2D eigenvalue weighted by Crippen LogP contribution is 2.43. The fraction of sp³-hybridized carbons (Fsp3) is 0.222. The summed E-state index contributed by atoms with van der Waals surface area (Å²) >= 11 is 5.83. The quantitative estimate of drug-likeness (QED) is 0.731. The minimum Gasteiger partial charge on any atom is -0.454 e. The normalized spacial score (nSPS) is 17.6. The first kappa shape index (κ1) is 16.1. The standard InChI is InChI=1S/C18H14ClN5O3/c1-9-17-11(10-2-3-12-13(6-10)27-8-26-12)7-16(25)20-18(17)24(23-9)15-5-4-14(19)21-22-15/h2-6,11H,7-8H2,1H3,(H,20,25)/t11-/m1/s1. The van der Waals surface area contributed by atoms with Gasteiger partial charge >= 0.3 is 0 Å². The second kappa shape index (κ2) is 5.95. The van der Waals surface area contributed by atoms with Crippen molar-refractivity contribution >= 4 is 23.3 Å². The molecule has 1 amide bonds. The van der Waals surface area contributed by atoms with Crippen molar-refractivity contribution in [2.45, 2.75) is 19.3 Å². The number of hydrogen-bond acceptors (Lipinski definition) is 6. The number of fused-ring (bicyclic) bond motifs is 2. The van der Waals surface area contributed by atoms with Crippen LogP contribution in [-0.4, -0.2) is 32.7 Å². The summed E-state index contributed by atoms with van der Waals surface area (Å²) in [6, 6.07) is 9.09. The molecule has 5 rings (SSSR count). The lowest BCUT2D eigenvalue weighted by atomic mass is 9.85. The largest absolute Gasteiger partial charge is 0.454 e. The van der Waals surface area contributed by atoms with Crippen LogP contribution in [0.5, 0.6) is 11.5 Å². The number of carbonyl (C=O) groups excluding carboxylic acids is 1. The monoisotopic (exact) mass is 383 g/mol. The van der Waals surface area contributed by atoms with E-state index in [1.54, 1.807) is 16.8 Å². The molecule has 0 bridgehead atoms. The highest BCUT2D eigenvalue weighted by Gasteiger charge is 2.33. The molecule has 136 valence electrons. The van der Waals surface area contributed by atoms with Gasteiger partial charge in [0.2, 0.25) is 12.7 Å². The van der Waals surface area contributed by atoms with Crippen LogP contribution in [0.4, 0.5) is 5.82 Å². The summed E-state index contributed by atoms with van der Waals surface area (Å²) in [5.74, 6) is 2.25. The average molecular weight is 384 g/mol. The molecule has 4 heterocycles. The number of rotatable bonds is 2. The number of benzene rings is 1. The van der Waals surface area contributed by atoms with E-state index in [0.29, 0.717) is 34.7 Å². The van der Waals surface area contributed by atoms with Gasteiger partial charge in [-0.3, -0.25) is 4.79 Å². The molecule has 0 unspecified atom stereocenters. The zero-order valence-corrected chi connectivity index (χ0v) is 15.0. The Kier molecular flexibility index (Phi) is 3.54. The lowest BCUT2D eigenvalue weighted by molar-refractivity contribution is -0.116. The zero-order chi connectivity index (χ0) is 18.5. The van der Waals surface area contributed by atoms with Gasteiger partial charge < -0.3 is 14.8 Å². The Morgan fingerprint density at radius 1 is 1.19 bits per heavy atom. The predicted molar refractivity (Wildman–Crippen MR) is 96.6 cm³/mol. The molecule has 2 aliphatic rings. The molecule has 1 N–H and O–H groups in total. The Morgan fingerprint density at radius 3 is 2.85 bits per heavy atom. The van der Waals surface area contributed by atoms with Crippen LogP contribution in [0.1, 0.15) is 29.2 Å². The van der Waals surface area contributed by atoms with E-state index in [2.05, 4.69) is 20.6 Å². The van der Waals surface area contributed by atoms with Gasteiger partial charge in [-0.1, -0.05) is 17.7 Å². The number of aromatic nitrogens is 4. The van der Waals surface area contributed by atoms with E-state index < -0.39 is 0 Å². The Hall–Kier alpha value is -3.13. The van der Waals surface area contributed by atoms with Crippen molar-refractivity contribution in [1.29, 1.82) is 0 Å². The molecule has 8 nitrogen and oxygen atoms in total. The highest BCUT2D eigenvalue weighted by atomic mass is 35.5. The molecule has 3 aromatic rings. The van der Waals surface area contributed by atoms with Crippen molar-refractivity contribution in [3.63, 3.8) is 0 Å². The van der Waals surface area contributed by atoms with E-state index in [-0.39, 0.29) is 18.6 Å². The van der Waals surface area contributed by atoms with Crippen LogP contribution in [0.15, 0.2) is 30.3 Å². The number of carbonyl (C=O) groups is 1. The summed E-state index contributed by atoms with van der Waals surface area (Å²) in [6.45, 7) is 2.12. The SMILES string of the molecule is Cc1nn(-c2ccc(Cl)nn2)c2c1[C@@H](c1ccc3c(c1)OCO3)CC(=O)N2. The van der Waals surface area contributed by atoms with Crippen molar-refractivity contribution in [2.24, 2.45) is 0 Å². The maximum absolute atomic E-state index is 12.4. The van der Waals surface area contributed by atoms with Crippen LogP contribution in [0.25, 0.3) is 5.82 Å². The molecule has 9 heteroatoms. The molecule has 0 saturated heterocycles. The van der Waals surface area contributed by atoms with Crippen molar-refractivity contribution in [3.05, 3.63) is 52.3 Å². The first-order chi connectivity index (χ1) is 13.1. The minimum atomic E-state index is -0.141. The molecule has 0 spiro atoms. The molecular weight excluding hydrogens is 370 g/mol. The smallest absolute Gasteiger partial charge is 0.231 e. The molecule has 2 aliphatic heterocycles. The van der Waals surface area contributed by atoms with Gasteiger partial charge in [0.15, 0.2) is 22.5 Å². The number of nitrogens with zero attached hydrogens (tertiary/aromatic N) is 4. The second-order valence-corrected chi connectivity index (χ2v) is 6.78. The Labute approximate surface area is 159 Å². The van der Waals surface area contributed by atoms with Gasteiger partial charge in [-0.2, -0.15) is 9.78 Å². The number of hydrogen-bond donors (Lipinski definition) is 1. The third kappa shape index (κ3) is 2.60. The summed E-state index contributed by atoms with van der Waals surface area (Å²) in [4.78, 5) is 12.4. The van der Waals surface area contributed by atoms with Crippen LogP contribution in [0.2, 0.25) is 5.15 Å². The van der Waals surface area contributed by atoms with Gasteiger partial charge in [-0.25, -0.2) is 0 Å². The van der Waals surface area contributed by atoms with Crippen LogP contribution in [-0.2, 0) is 4.79 Å². The fourth-order valence-electron chi connectivity index (χ4n) is 3.55. The third-order valence-electron chi connectivity index (χ3n) is 4.74. The molecule has 0 aliphatic carbocycles. The Morgan fingerprint density at radius 2 is 2.04 bits per heavy atom. The Bertz CT molecular complexity index is 1060. The van der Waals surface area contributed by atoms with Crippen LogP contribution >= 0.6 is 11.6 Å². The first-order valence-electron chi connectivity index (χ1n) is 8.38. The van der Waals surface area contributed by atoms with E-state index in [9.17, 15) is 4.79 Å². The van der Waals surface area contributed by atoms with Crippen LogP contribution in [0, 0.1) is 6.92 Å². The zero-order valence-electron chi connectivity index (χ0n) is 14.3. The third-order valence-corrected chi connectivity index (χ3v) is 4.94. The maximum atomic E-state index is 12.4. The van der Waals surface area contributed by atoms with E-state index in [4.69, 9.17) is 21.1 Å². The second-order valence-electron chi connectivity index (χ2n) is 6.39. The van der Waals surface area contributed by atoms with E-state index in [1.165, 1.54) is 0 Å². The average Bonchev–Trinajstić information content (AvgIpc) is 3.26. The number of halogens is 1. The minimum absolute atomic E-state index is 0.0896. The lowest BCUT2D eigenvalue weighted by Gasteiger charge is -2.24. The number of amides is 1. The summed E-state index contributed by atoms with van der Waals surface area (Å²) in [5.41, 5.74) is 2.73. The number of aryl methyl sites for hydroxylation is 1. The van der Waals surface area contributed by atoms with Crippen LogP contribution < -0.4 is 14.8 Å². The van der Waals surface area contributed by atoms with Gasteiger partial charge in [-0.15, -0.1) is 10.2 Å². The molecule has 0 fully saturated rings. The van der Waals surface area contributed by atoms with Crippen molar-refractivity contribution in [1.82, 2.24) is 20.0 Å². The Balaban J connectivity index is 1.63. The summed E-state index contributed by atoms with van der Waals surface area (Å²) < 4.78 is 12.5. The van der Waals surface area contributed by atoms with Crippen molar-refractivity contribution in [3.8, 4) is 17.3 Å². The molecule has 27 heavy (non-hydrogen) atoms. The van der Waals surface area contributed by atoms with Gasteiger partial charge in [0, 0.05) is 17.9 Å². The lowest BCUT2D eigenvalue weighted by Crippen LogP contribution is -2.25. The molecule has 1 aromatic carbocycles. The predicted octanol–water partition coefficient (Wildman–Crippen LogP) is 2.83.